The maximum atomic E-state index is 12.1. The Morgan fingerprint density at radius 2 is 2.33 bits per heavy atom. The van der Waals surface area contributed by atoms with Gasteiger partial charge in [0.1, 0.15) is 6.61 Å². The molecule has 2 atom stereocenters. The summed E-state index contributed by atoms with van der Waals surface area (Å²) in [4.78, 5) is 26.8. The molecule has 1 aliphatic rings. The van der Waals surface area contributed by atoms with Crippen molar-refractivity contribution in [1.82, 2.24) is 10.3 Å². The van der Waals surface area contributed by atoms with Gasteiger partial charge in [-0.15, -0.1) is 0 Å². The molecule has 0 saturated carbocycles. The smallest absolute Gasteiger partial charge is 0.253 e. The lowest BCUT2D eigenvalue weighted by Gasteiger charge is -2.31. The number of aromatic nitrogens is 1. The number of hydrogen-bond acceptors (Lipinski definition) is 5. The van der Waals surface area contributed by atoms with Crippen molar-refractivity contribution >= 4 is 23.4 Å². The fraction of sp³-hybridized carbons (Fsp3) is 0.462. The summed E-state index contributed by atoms with van der Waals surface area (Å²) in [6.45, 7) is 0.632. The molecule has 2 amide bonds. The van der Waals surface area contributed by atoms with Crippen LogP contribution < -0.4 is 11.1 Å². The number of nitrogens with zero attached hydrogens (tertiary/aromatic N) is 1. The molecule has 0 aromatic carbocycles. The molecule has 0 bridgehead atoms. The molecule has 0 aliphatic carbocycles. The number of pyridine rings is 1. The molecule has 1 aliphatic heterocycles. The molecular formula is C13H16ClN3O4. The third-order valence-electron chi connectivity index (χ3n) is 3.02. The van der Waals surface area contributed by atoms with E-state index in [2.05, 4.69) is 10.3 Å². The number of halogens is 1. The molecule has 2 heterocycles. The third kappa shape index (κ3) is 4.66. The Bertz CT molecular complexity index is 526. The first-order valence-corrected chi connectivity index (χ1v) is 6.83. The number of carbonyl (C=O) groups is 2. The van der Waals surface area contributed by atoms with E-state index in [0.717, 1.165) is 0 Å². The molecule has 3 N–H and O–H groups in total. The van der Waals surface area contributed by atoms with Crippen LogP contribution in [0.25, 0.3) is 0 Å². The van der Waals surface area contributed by atoms with Crippen molar-refractivity contribution in [3.05, 3.63) is 29.0 Å². The van der Waals surface area contributed by atoms with Gasteiger partial charge in [-0.3, -0.25) is 14.6 Å². The Labute approximate surface area is 126 Å². The first kappa shape index (κ1) is 15.7. The summed E-state index contributed by atoms with van der Waals surface area (Å²) in [7, 11) is 0. The number of ether oxygens (including phenoxy) is 2. The Kier molecular flexibility index (Phi) is 5.49. The zero-order valence-corrected chi connectivity index (χ0v) is 12.0. The monoisotopic (exact) mass is 313 g/mol. The molecule has 21 heavy (non-hydrogen) atoms. The van der Waals surface area contributed by atoms with E-state index in [1.165, 1.54) is 18.5 Å². The van der Waals surface area contributed by atoms with E-state index in [0.29, 0.717) is 30.2 Å². The number of amides is 2. The third-order valence-corrected chi connectivity index (χ3v) is 3.22. The second kappa shape index (κ2) is 7.35. The van der Waals surface area contributed by atoms with Crippen molar-refractivity contribution in [2.75, 3.05) is 19.8 Å². The van der Waals surface area contributed by atoms with E-state index in [1.807, 2.05) is 0 Å². The molecule has 1 aromatic rings. The fourth-order valence-corrected chi connectivity index (χ4v) is 2.20. The first-order valence-electron chi connectivity index (χ1n) is 6.45. The summed E-state index contributed by atoms with van der Waals surface area (Å²) in [5.74, 6) is -0.876. The van der Waals surface area contributed by atoms with E-state index in [9.17, 15) is 9.59 Å². The van der Waals surface area contributed by atoms with Gasteiger partial charge in [-0.05, 0) is 12.5 Å². The summed E-state index contributed by atoms with van der Waals surface area (Å²) < 4.78 is 10.7. The van der Waals surface area contributed by atoms with Crippen molar-refractivity contribution in [2.45, 2.75) is 18.6 Å². The quantitative estimate of drug-likeness (QED) is 0.804. The molecule has 0 radical (unpaired) electrons. The van der Waals surface area contributed by atoms with E-state index in [4.69, 9.17) is 26.8 Å². The number of primary amides is 1. The van der Waals surface area contributed by atoms with Crippen molar-refractivity contribution in [3.63, 3.8) is 0 Å². The van der Waals surface area contributed by atoms with Crippen LogP contribution >= 0.6 is 11.6 Å². The van der Waals surface area contributed by atoms with E-state index < -0.39 is 5.91 Å². The molecular weight excluding hydrogens is 298 g/mol. The maximum absolute atomic E-state index is 12.1. The Morgan fingerprint density at radius 1 is 1.52 bits per heavy atom. The number of rotatable bonds is 5. The van der Waals surface area contributed by atoms with Gasteiger partial charge in [0, 0.05) is 19.0 Å². The lowest BCUT2D eigenvalue weighted by atomic mass is 10.1. The first-order chi connectivity index (χ1) is 10.1. The Morgan fingerprint density at radius 3 is 3.05 bits per heavy atom. The SMILES string of the molecule is NC(=O)CO[C@H]1CCOC[C@H]1NC(=O)c1cncc(Cl)c1. The maximum Gasteiger partial charge on any atom is 0.253 e. The number of nitrogens with one attached hydrogen (secondary N) is 1. The molecule has 114 valence electrons. The summed E-state index contributed by atoms with van der Waals surface area (Å²) in [5.41, 5.74) is 5.41. The molecule has 0 unspecified atom stereocenters. The van der Waals surface area contributed by atoms with Crippen molar-refractivity contribution < 1.29 is 19.1 Å². The topological polar surface area (TPSA) is 104 Å². The number of nitrogens with two attached hydrogens (primary N) is 1. The van der Waals surface area contributed by atoms with Gasteiger partial charge in [0.15, 0.2) is 0 Å². The normalized spacial score (nSPS) is 21.8. The van der Waals surface area contributed by atoms with Crippen molar-refractivity contribution in [2.24, 2.45) is 5.73 Å². The van der Waals surface area contributed by atoms with Crippen molar-refractivity contribution in [3.8, 4) is 0 Å². The highest BCUT2D eigenvalue weighted by molar-refractivity contribution is 6.30. The molecule has 1 aromatic heterocycles. The van der Waals surface area contributed by atoms with Crippen molar-refractivity contribution in [1.29, 1.82) is 0 Å². The van der Waals surface area contributed by atoms with Gasteiger partial charge in [0.2, 0.25) is 5.91 Å². The van der Waals surface area contributed by atoms with E-state index >= 15 is 0 Å². The molecule has 0 spiro atoms. The van der Waals surface area contributed by atoms with Crippen LogP contribution in [0.3, 0.4) is 0 Å². The predicted molar refractivity (Wildman–Crippen MR) is 74.9 cm³/mol. The minimum absolute atomic E-state index is 0.185. The number of hydrogen-bond donors (Lipinski definition) is 2. The molecule has 7 nitrogen and oxygen atoms in total. The highest BCUT2D eigenvalue weighted by Crippen LogP contribution is 2.14. The predicted octanol–water partition coefficient (Wildman–Crippen LogP) is 0.124. The lowest BCUT2D eigenvalue weighted by Crippen LogP contribution is -2.51. The lowest BCUT2D eigenvalue weighted by molar-refractivity contribution is -0.128. The van der Waals surface area contributed by atoms with Crippen LogP contribution in [0.15, 0.2) is 18.5 Å². The minimum atomic E-state index is -0.550. The van der Waals surface area contributed by atoms with Crippen LogP contribution in [-0.4, -0.2) is 48.8 Å². The highest BCUT2D eigenvalue weighted by Gasteiger charge is 2.28. The van der Waals surface area contributed by atoms with E-state index in [-0.39, 0.29) is 24.7 Å². The van der Waals surface area contributed by atoms with Crippen LogP contribution in [0.4, 0.5) is 0 Å². The number of carbonyl (C=O) groups excluding carboxylic acids is 2. The van der Waals surface area contributed by atoms with Crippen LogP contribution in [0.5, 0.6) is 0 Å². The Hall–Kier alpha value is -1.70. The zero-order valence-electron chi connectivity index (χ0n) is 11.3. The van der Waals surface area contributed by atoms with Gasteiger partial charge in [-0.2, -0.15) is 0 Å². The van der Waals surface area contributed by atoms with Gasteiger partial charge >= 0.3 is 0 Å². The molecule has 8 heteroatoms. The highest BCUT2D eigenvalue weighted by atomic mass is 35.5. The molecule has 2 rings (SSSR count). The standard InChI is InChI=1S/C13H16ClN3O4/c14-9-3-8(4-16-5-9)13(19)17-10-6-20-2-1-11(10)21-7-12(15)18/h3-5,10-11H,1-2,6-7H2,(H2,15,18)(H,17,19)/t10-,11+/m1/s1. The average Bonchev–Trinajstić information content (AvgIpc) is 2.46. The largest absolute Gasteiger partial charge is 0.379 e. The van der Waals surface area contributed by atoms with Gasteiger partial charge in [-0.25, -0.2) is 0 Å². The zero-order chi connectivity index (χ0) is 15.2. The van der Waals surface area contributed by atoms with Gasteiger partial charge in [-0.1, -0.05) is 11.6 Å². The van der Waals surface area contributed by atoms with Gasteiger partial charge in [0.25, 0.3) is 5.91 Å². The summed E-state index contributed by atoms with van der Waals surface area (Å²) in [6.07, 6.45) is 3.12. The van der Waals surface area contributed by atoms with Gasteiger partial charge in [0.05, 0.1) is 29.3 Å². The molecule has 1 fully saturated rings. The summed E-state index contributed by atoms with van der Waals surface area (Å²) in [5, 5.41) is 3.18. The van der Waals surface area contributed by atoms with Crippen LogP contribution in [-0.2, 0) is 14.3 Å². The summed E-state index contributed by atoms with van der Waals surface area (Å²) in [6, 6.07) is 1.16. The Balaban J connectivity index is 1.98. The van der Waals surface area contributed by atoms with Crippen LogP contribution in [0.1, 0.15) is 16.8 Å². The minimum Gasteiger partial charge on any atom is -0.379 e. The second-order valence-corrected chi connectivity index (χ2v) is 5.09. The van der Waals surface area contributed by atoms with Gasteiger partial charge < -0.3 is 20.5 Å². The van der Waals surface area contributed by atoms with E-state index in [1.54, 1.807) is 0 Å². The average molecular weight is 314 g/mol. The summed E-state index contributed by atoms with van der Waals surface area (Å²) >= 11 is 5.80. The molecule has 1 saturated heterocycles. The van der Waals surface area contributed by atoms with Crippen LogP contribution in [0.2, 0.25) is 5.02 Å². The van der Waals surface area contributed by atoms with Crippen LogP contribution in [0, 0.1) is 0 Å². The fourth-order valence-electron chi connectivity index (χ4n) is 2.03. The second-order valence-electron chi connectivity index (χ2n) is 4.65.